The van der Waals surface area contributed by atoms with E-state index in [9.17, 15) is 4.79 Å². The highest BCUT2D eigenvalue weighted by Crippen LogP contribution is 2.36. The van der Waals surface area contributed by atoms with Crippen LogP contribution in [-0.2, 0) is 11.2 Å². The maximum absolute atomic E-state index is 11.7. The van der Waals surface area contributed by atoms with Crippen LogP contribution in [0.15, 0.2) is 39.7 Å². The Hall–Kier alpha value is -1.77. The molecule has 2 saturated heterocycles. The van der Waals surface area contributed by atoms with E-state index in [0.717, 1.165) is 68.1 Å². The van der Waals surface area contributed by atoms with Gasteiger partial charge in [0.05, 0.1) is 0 Å². The van der Waals surface area contributed by atoms with Crippen LogP contribution in [0.3, 0.4) is 0 Å². The lowest BCUT2D eigenvalue weighted by Crippen LogP contribution is -2.51. The summed E-state index contributed by atoms with van der Waals surface area (Å²) in [6.07, 6.45) is 3.63. The van der Waals surface area contributed by atoms with Gasteiger partial charge in [-0.15, -0.1) is 24.0 Å². The van der Waals surface area contributed by atoms with Crippen LogP contribution in [0.25, 0.3) is 11.0 Å². The SMILES string of the molecule is CCNC(=NCCc1cc2ccccc2o1)N1CCCC2(CNC(=O)C2)C1.I. The number of furan rings is 1. The van der Waals surface area contributed by atoms with Gasteiger partial charge in [-0.25, -0.2) is 0 Å². The number of amides is 1. The van der Waals surface area contributed by atoms with Gasteiger partial charge in [0.15, 0.2) is 5.96 Å². The highest BCUT2D eigenvalue weighted by molar-refractivity contribution is 14.0. The topological polar surface area (TPSA) is 69.9 Å². The Labute approximate surface area is 183 Å². The van der Waals surface area contributed by atoms with Crippen molar-refractivity contribution in [3.63, 3.8) is 0 Å². The molecule has 7 heteroatoms. The maximum Gasteiger partial charge on any atom is 0.220 e. The first kappa shape index (κ1) is 21.0. The minimum Gasteiger partial charge on any atom is -0.461 e. The summed E-state index contributed by atoms with van der Waals surface area (Å²) in [6.45, 7) is 6.29. The Morgan fingerprint density at radius 3 is 3.00 bits per heavy atom. The molecular weight excluding hydrogens is 467 g/mol. The van der Waals surface area contributed by atoms with Crippen molar-refractivity contribution in [1.82, 2.24) is 15.5 Å². The summed E-state index contributed by atoms with van der Waals surface area (Å²) in [5.41, 5.74) is 1.00. The number of aliphatic imine (C=N–C) groups is 1. The zero-order chi connectivity index (χ0) is 18.7. The van der Waals surface area contributed by atoms with Gasteiger partial charge in [0.1, 0.15) is 11.3 Å². The van der Waals surface area contributed by atoms with E-state index in [1.807, 2.05) is 18.2 Å². The number of benzene rings is 1. The van der Waals surface area contributed by atoms with Crippen molar-refractivity contribution >= 4 is 46.8 Å². The third kappa shape index (κ3) is 4.61. The van der Waals surface area contributed by atoms with Crippen LogP contribution < -0.4 is 10.6 Å². The van der Waals surface area contributed by atoms with E-state index in [2.05, 4.69) is 34.6 Å². The molecule has 1 aromatic carbocycles. The first-order valence-corrected chi connectivity index (χ1v) is 9.95. The second kappa shape index (κ2) is 9.15. The van der Waals surface area contributed by atoms with E-state index in [0.29, 0.717) is 13.0 Å². The highest BCUT2D eigenvalue weighted by atomic mass is 127. The first-order valence-electron chi connectivity index (χ1n) is 9.95. The number of likely N-dealkylation sites (tertiary alicyclic amines) is 1. The third-order valence-electron chi connectivity index (χ3n) is 5.59. The number of hydrogen-bond donors (Lipinski definition) is 2. The van der Waals surface area contributed by atoms with Gasteiger partial charge in [0, 0.05) is 56.4 Å². The van der Waals surface area contributed by atoms with Gasteiger partial charge in [-0.05, 0) is 31.9 Å². The lowest BCUT2D eigenvalue weighted by Gasteiger charge is -2.40. The molecule has 6 nitrogen and oxygen atoms in total. The lowest BCUT2D eigenvalue weighted by atomic mass is 9.79. The molecule has 2 N–H and O–H groups in total. The number of carbonyl (C=O) groups excluding carboxylic acids is 1. The number of hydrogen-bond acceptors (Lipinski definition) is 3. The van der Waals surface area contributed by atoms with Crippen molar-refractivity contribution in [2.75, 3.05) is 32.7 Å². The summed E-state index contributed by atoms with van der Waals surface area (Å²) in [4.78, 5) is 18.9. The summed E-state index contributed by atoms with van der Waals surface area (Å²) in [5, 5.41) is 7.57. The number of nitrogens with zero attached hydrogens (tertiary/aromatic N) is 2. The molecule has 152 valence electrons. The summed E-state index contributed by atoms with van der Waals surface area (Å²) in [6, 6.07) is 10.2. The highest BCUT2D eigenvalue weighted by Gasteiger charge is 2.42. The lowest BCUT2D eigenvalue weighted by molar-refractivity contribution is -0.119. The minimum atomic E-state index is 0. The third-order valence-corrected chi connectivity index (χ3v) is 5.59. The van der Waals surface area contributed by atoms with Crippen LogP contribution >= 0.6 is 24.0 Å². The van der Waals surface area contributed by atoms with Gasteiger partial charge in [-0.3, -0.25) is 9.79 Å². The molecule has 1 unspecified atom stereocenters. The number of halogens is 1. The van der Waals surface area contributed by atoms with Gasteiger partial charge in [0.2, 0.25) is 5.91 Å². The van der Waals surface area contributed by atoms with Crippen molar-refractivity contribution in [1.29, 1.82) is 0 Å². The molecule has 0 saturated carbocycles. The maximum atomic E-state index is 11.7. The van der Waals surface area contributed by atoms with Crippen molar-refractivity contribution in [2.45, 2.75) is 32.6 Å². The number of piperidine rings is 1. The van der Waals surface area contributed by atoms with E-state index in [-0.39, 0.29) is 35.3 Å². The number of nitrogens with one attached hydrogen (secondary N) is 2. The zero-order valence-electron chi connectivity index (χ0n) is 16.4. The smallest absolute Gasteiger partial charge is 0.220 e. The molecule has 1 atom stereocenters. The van der Waals surface area contributed by atoms with Crippen molar-refractivity contribution in [3.8, 4) is 0 Å². The average molecular weight is 496 g/mol. The molecule has 0 radical (unpaired) electrons. The van der Waals surface area contributed by atoms with E-state index in [1.54, 1.807) is 0 Å². The second-order valence-electron chi connectivity index (χ2n) is 7.71. The minimum absolute atomic E-state index is 0. The Morgan fingerprint density at radius 2 is 2.25 bits per heavy atom. The van der Waals surface area contributed by atoms with Crippen LogP contribution in [0.4, 0.5) is 0 Å². The molecule has 1 aromatic heterocycles. The molecule has 2 fully saturated rings. The van der Waals surface area contributed by atoms with E-state index in [1.165, 1.54) is 0 Å². The predicted octanol–water partition coefficient (Wildman–Crippen LogP) is 3.16. The molecule has 28 heavy (non-hydrogen) atoms. The Kier molecular flexibility index (Phi) is 6.85. The van der Waals surface area contributed by atoms with Crippen LogP contribution in [0.5, 0.6) is 0 Å². The van der Waals surface area contributed by atoms with Crippen molar-refractivity contribution < 1.29 is 9.21 Å². The fraction of sp³-hybridized carbons (Fsp3) is 0.524. The number of para-hydroxylation sites is 1. The number of fused-ring (bicyclic) bond motifs is 1. The molecule has 3 heterocycles. The fourth-order valence-electron chi connectivity index (χ4n) is 4.29. The fourth-order valence-corrected chi connectivity index (χ4v) is 4.29. The second-order valence-corrected chi connectivity index (χ2v) is 7.71. The van der Waals surface area contributed by atoms with Gasteiger partial charge in [-0.2, -0.15) is 0 Å². The molecule has 2 aromatic rings. The monoisotopic (exact) mass is 496 g/mol. The van der Waals surface area contributed by atoms with Crippen molar-refractivity contribution in [2.24, 2.45) is 10.4 Å². The summed E-state index contributed by atoms with van der Waals surface area (Å²) >= 11 is 0. The molecule has 4 rings (SSSR count). The van der Waals surface area contributed by atoms with Gasteiger partial charge in [-0.1, -0.05) is 18.2 Å². The normalized spacial score (nSPS) is 22.4. The number of guanidine groups is 1. The van der Waals surface area contributed by atoms with E-state index < -0.39 is 0 Å². The van der Waals surface area contributed by atoms with Crippen LogP contribution in [-0.4, -0.2) is 49.5 Å². The van der Waals surface area contributed by atoms with E-state index >= 15 is 0 Å². The molecular formula is C21H29IN4O2. The Balaban J connectivity index is 0.00000225. The predicted molar refractivity (Wildman–Crippen MR) is 122 cm³/mol. The van der Waals surface area contributed by atoms with Gasteiger partial charge >= 0.3 is 0 Å². The van der Waals surface area contributed by atoms with Crippen LogP contribution in [0, 0.1) is 5.41 Å². The molecule has 1 amide bonds. The van der Waals surface area contributed by atoms with Crippen molar-refractivity contribution in [3.05, 3.63) is 36.1 Å². The van der Waals surface area contributed by atoms with Gasteiger partial charge < -0.3 is 20.0 Å². The summed E-state index contributed by atoms with van der Waals surface area (Å²) < 4.78 is 5.89. The van der Waals surface area contributed by atoms with E-state index in [4.69, 9.17) is 9.41 Å². The average Bonchev–Trinajstić information content (AvgIpc) is 3.24. The molecule has 2 aliphatic heterocycles. The Bertz CT molecular complexity index is 817. The molecule has 2 aliphatic rings. The van der Waals surface area contributed by atoms with Crippen LogP contribution in [0.2, 0.25) is 0 Å². The molecule has 0 aliphatic carbocycles. The van der Waals surface area contributed by atoms with Gasteiger partial charge in [0.25, 0.3) is 0 Å². The summed E-state index contributed by atoms with van der Waals surface area (Å²) in [7, 11) is 0. The first-order chi connectivity index (χ1) is 13.2. The number of carbonyl (C=O) groups is 1. The summed E-state index contributed by atoms with van der Waals surface area (Å²) in [5.74, 6) is 2.10. The zero-order valence-corrected chi connectivity index (χ0v) is 18.7. The largest absolute Gasteiger partial charge is 0.461 e. The van der Waals surface area contributed by atoms with Crippen LogP contribution in [0.1, 0.15) is 31.9 Å². The molecule has 0 bridgehead atoms. The molecule has 1 spiro atoms. The quantitative estimate of drug-likeness (QED) is 0.388. The standard InChI is InChI=1S/C21H28N4O2.HI/c1-2-22-20(25-11-5-9-21(15-25)13-19(26)24-14-21)23-10-8-17-12-16-6-3-4-7-18(16)27-17;/h3-4,6-7,12H,2,5,8-11,13-15H2,1H3,(H,22,23)(H,24,26);1H. The number of rotatable bonds is 4. The Morgan fingerprint density at radius 1 is 1.39 bits per heavy atom.